The normalized spacial score (nSPS) is 10.4. The Bertz CT molecular complexity index is 600. The number of anilines is 1. The van der Waals surface area contributed by atoms with Crippen molar-refractivity contribution in [2.24, 2.45) is 5.84 Å². The molecule has 100 valence electrons. The van der Waals surface area contributed by atoms with Crippen LogP contribution in [0.3, 0.4) is 0 Å². The smallest absolute Gasteiger partial charge is 0.301 e. The van der Waals surface area contributed by atoms with Crippen molar-refractivity contribution in [3.8, 4) is 0 Å². The maximum absolute atomic E-state index is 11.4. The zero-order valence-electron chi connectivity index (χ0n) is 9.85. The first-order valence-electron chi connectivity index (χ1n) is 5.37. The molecule has 1 aromatic carbocycles. The molecule has 7 heteroatoms. The van der Waals surface area contributed by atoms with Gasteiger partial charge in [-0.2, -0.15) is 0 Å². The van der Waals surface area contributed by atoms with E-state index in [9.17, 15) is 4.79 Å². The maximum atomic E-state index is 11.4. The highest BCUT2D eigenvalue weighted by atomic mass is 35.5. The number of nitrogens with one attached hydrogen (secondary N) is 1. The summed E-state index contributed by atoms with van der Waals surface area (Å²) in [7, 11) is 0. The van der Waals surface area contributed by atoms with Crippen molar-refractivity contribution in [1.29, 1.82) is 0 Å². The molecule has 19 heavy (non-hydrogen) atoms. The van der Waals surface area contributed by atoms with Gasteiger partial charge in [-0.05, 0) is 24.3 Å². The van der Waals surface area contributed by atoms with Crippen LogP contribution in [0.5, 0.6) is 0 Å². The number of rotatable bonds is 4. The van der Waals surface area contributed by atoms with Crippen molar-refractivity contribution < 1.29 is 9.21 Å². The lowest BCUT2D eigenvalue weighted by Gasteiger charge is -2.05. The van der Waals surface area contributed by atoms with Crippen LogP contribution in [-0.2, 0) is 5.75 Å². The Morgan fingerprint density at radius 2 is 2.21 bits per heavy atom. The minimum atomic E-state index is -0.455. The van der Waals surface area contributed by atoms with Crippen LogP contribution in [0.4, 0.5) is 5.69 Å². The van der Waals surface area contributed by atoms with Crippen LogP contribution in [0, 0.1) is 0 Å². The fourth-order valence-corrected chi connectivity index (χ4v) is 2.76. The van der Waals surface area contributed by atoms with Gasteiger partial charge in [0.2, 0.25) is 0 Å². The van der Waals surface area contributed by atoms with Gasteiger partial charge in [-0.3, -0.25) is 10.2 Å². The number of carbonyl (C=O) groups is 1. The Morgan fingerprint density at radius 3 is 2.89 bits per heavy atom. The van der Waals surface area contributed by atoms with E-state index < -0.39 is 5.91 Å². The Kier molecular flexibility index (Phi) is 4.36. The number of hydrogen-bond donors (Lipinski definition) is 3. The average molecular weight is 298 g/mol. The number of halogens is 1. The van der Waals surface area contributed by atoms with Crippen molar-refractivity contribution in [1.82, 2.24) is 5.43 Å². The van der Waals surface area contributed by atoms with E-state index in [1.807, 2.05) is 11.5 Å². The number of hydrogen-bond acceptors (Lipinski definition) is 5. The van der Waals surface area contributed by atoms with Gasteiger partial charge >= 0.3 is 5.91 Å². The molecule has 2 rings (SSSR count). The number of carbonyl (C=O) groups excluding carboxylic acids is 1. The Labute approximate surface area is 119 Å². The quantitative estimate of drug-likeness (QED) is 0.265. The predicted octanol–water partition coefficient (Wildman–Crippen LogP) is 2.41. The molecule has 5 nitrogen and oxygen atoms in total. The van der Waals surface area contributed by atoms with Gasteiger partial charge < -0.3 is 10.2 Å². The van der Waals surface area contributed by atoms with E-state index in [1.165, 1.54) is 18.0 Å². The molecule has 0 aliphatic heterocycles. The molecule has 0 aliphatic carbocycles. The van der Waals surface area contributed by atoms with E-state index in [-0.39, 0.29) is 5.76 Å². The standard InChI is InChI=1S/C12H12ClN3O2S/c13-9-5-8(14)1-2-10(9)19-6-7-3-4-18-11(7)12(17)16-15/h1-5H,6,14-15H2,(H,16,17). The molecular formula is C12H12ClN3O2S. The fourth-order valence-electron chi connectivity index (χ4n) is 1.50. The molecule has 1 amide bonds. The average Bonchev–Trinajstić information content (AvgIpc) is 2.85. The van der Waals surface area contributed by atoms with Gasteiger partial charge in [-0.15, -0.1) is 11.8 Å². The van der Waals surface area contributed by atoms with Crippen molar-refractivity contribution in [3.63, 3.8) is 0 Å². The third-order valence-electron chi connectivity index (χ3n) is 2.42. The van der Waals surface area contributed by atoms with Crippen LogP contribution in [-0.4, -0.2) is 5.91 Å². The summed E-state index contributed by atoms with van der Waals surface area (Å²) in [6, 6.07) is 7.03. The number of thioether (sulfide) groups is 1. The van der Waals surface area contributed by atoms with Crippen molar-refractivity contribution in [3.05, 3.63) is 46.9 Å². The lowest BCUT2D eigenvalue weighted by molar-refractivity contribution is 0.0925. The molecule has 0 spiro atoms. The molecule has 0 atom stereocenters. The second-order valence-corrected chi connectivity index (χ2v) is 5.15. The van der Waals surface area contributed by atoms with E-state index in [2.05, 4.69) is 0 Å². The molecule has 1 aromatic heterocycles. The van der Waals surface area contributed by atoms with E-state index >= 15 is 0 Å². The van der Waals surface area contributed by atoms with E-state index in [4.69, 9.17) is 27.6 Å². The maximum Gasteiger partial charge on any atom is 0.301 e. The van der Waals surface area contributed by atoms with Crippen LogP contribution in [0.25, 0.3) is 0 Å². The predicted molar refractivity (Wildman–Crippen MR) is 75.8 cm³/mol. The SMILES string of the molecule is NNC(=O)c1occc1CSc1ccc(N)cc1Cl. The number of amides is 1. The molecule has 5 N–H and O–H groups in total. The number of benzene rings is 1. The highest BCUT2D eigenvalue weighted by Gasteiger charge is 2.14. The largest absolute Gasteiger partial charge is 0.459 e. The summed E-state index contributed by atoms with van der Waals surface area (Å²) in [6.45, 7) is 0. The molecule has 0 saturated carbocycles. The molecule has 1 heterocycles. The summed E-state index contributed by atoms with van der Waals surface area (Å²) in [5.74, 6) is 5.38. The number of nitrogen functional groups attached to an aromatic ring is 2. The summed E-state index contributed by atoms with van der Waals surface area (Å²) in [6.07, 6.45) is 1.45. The van der Waals surface area contributed by atoms with E-state index in [0.717, 1.165) is 10.5 Å². The van der Waals surface area contributed by atoms with Gasteiger partial charge in [-0.1, -0.05) is 11.6 Å². The Hall–Kier alpha value is -1.63. The number of hydrazine groups is 1. The lowest BCUT2D eigenvalue weighted by Crippen LogP contribution is -2.30. The Balaban J connectivity index is 2.10. The summed E-state index contributed by atoms with van der Waals surface area (Å²) in [4.78, 5) is 12.3. The molecule has 0 aliphatic rings. The van der Waals surface area contributed by atoms with E-state index in [0.29, 0.717) is 16.5 Å². The third kappa shape index (κ3) is 3.23. The lowest BCUT2D eigenvalue weighted by atomic mass is 10.3. The highest BCUT2D eigenvalue weighted by molar-refractivity contribution is 7.98. The summed E-state index contributed by atoms with van der Waals surface area (Å²) < 4.78 is 5.10. The van der Waals surface area contributed by atoms with Gasteiger partial charge in [0, 0.05) is 21.9 Å². The van der Waals surface area contributed by atoms with Gasteiger partial charge in [0.05, 0.1) is 11.3 Å². The van der Waals surface area contributed by atoms with Crippen molar-refractivity contribution >= 4 is 35.0 Å². The van der Waals surface area contributed by atoms with Crippen LogP contribution in [0.1, 0.15) is 16.1 Å². The molecular weight excluding hydrogens is 286 g/mol. The Morgan fingerprint density at radius 1 is 1.42 bits per heavy atom. The summed E-state index contributed by atoms with van der Waals surface area (Å²) in [5, 5.41) is 0.582. The van der Waals surface area contributed by atoms with Gasteiger partial charge in [-0.25, -0.2) is 5.84 Å². The molecule has 0 fully saturated rings. The van der Waals surface area contributed by atoms with Gasteiger partial charge in [0.1, 0.15) is 0 Å². The number of furan rings is 1. The minimum Gasteiger partial charge on any atom is -0.459 e. The van der Waals surface area contributed by atoms with Crippen LogP contribution < -0.4 is 17.0 Å². The monoisotopic (exact) mass is 297 g/mol. The molecule has 2 aromatic rings. The first-order valence-corrected chi connectivity index (χ1v) is 6.73. The molecule has 0 radical (unpaired) electrons. The molecule has 0 saturated heterocycles. The van der Waals surface area contributed by atoms with Crippen LogP contribution in [0.15, 0.2) is 39.8 Å². The zero-order chi connectivity index (χ0) is 13.8. The van der Waals surface area contributed by atoms with Crippen LogP contribution in [0.2, 0.25) is 5.02 Å². The summed E-state index contributed by atoms with van der Waals surface area (Å²) in [5.41, 5.74) is 9.03. The topological polar surface area (TPSA) is 94.3 Å². The van der Waals surface area contributed by atoms with Gasteiger partial charge in [0.15, 0.2) is 5.76 Å². The minimum absolute atomic E-state index is 0.210. The van der Waals surface area contributed by atoms with Crippen molar-refractivity contribution in [2.45, 2.75) is 10.6 Å². The molecule has 0 bridgehead atoms. The van der Waals surface area contributed by atoms with Crippen molar-refractivity contribution in [2.75, 3.05) is 5.73 Å². The van der Waals surface area contributed by atoms with Gasteiger partial charge in [0.25, 0.3) is 0 Å². The summed E-state index contributed by atoms with van der Waals surface area (Å²) >= 11 is 7.56. The number of nitrogens with two attached hydrogens (primary N) is 2. The van der Waals surface area contributed by atoms with Crippen LogP contribution >= 0.6 is 23.4 Å². The fraction of sp³-hybridized carbons (Fsp3) is 0.0833. The first-order chi connectivity index (χ1) is 9.11. The second-order valence-electron chi connectivity index (χ2n) is 3.73. The molecule has 0 unspecified atom stereocenters. The van der Waals surface area contributed by atoms with E-state index in [1.54, 1.807) is 18.2 Å². The highest BCUT2D eigenvalue weighted by Crippen LogP contribution is 2.32. The second kappa shape index (κ2) is 6.01. The third-order valence-corrected chi connectivity index (χ3v) is 3.97. The zero-order valence-corrected chi connectivity index (χ0v) is 11.4. The first kappa shape index (κ1) is 13.8.